The summed E-state index contributed by atoms with van der Waals surface area (Å²) in [7, 11) is 0. The Morgan fingerprint density at radius 1 is 1.26 bits per heavy atom. The Labute approximate surface area is 194 Å². The first-order chi connectivity index (χ1) is 16.3. The van der Waals surface area contributed by atoms with Crippen molar-refractivity contribution >= 4 is 28.1 Å². The number of rotatable bonds is 6. The van der Waals surface area contributed by atoms with E-state index in [-0.39, 0.29) is 52.4 Å². The van der Waals surface area contributed by atoms with Crippen molar-refractivity contribution < 1.29 is 9.50 Å². The summed E-state index contributed by atoms with van der Waals surface area (Å²) in [5.74, 6) is -0.658. The lowest BCUT2D eigenvalue weighted by molar-refractivity contribution is 0.469. The van der Waals surface area contributed by atoms with Gasteiger partial charge in [0.15, 0.2) is 0 Å². The number of phenolic OH excluding ortho intramolecular Hbond substituents is 1. The molecular weight excluding hydrogens is 435 g/mol. The predicted octanol–water partition coefficient (Wildman–Crippen LogP) is 3.89. The van der Waals surface area contributed by atoms with Crippen LogP contribution in [-0.4, -0.2) is 25.4 Å². The lowest BCUT2D eigenvalue weighted by Gasteiger charge is -2.17. The molecule has 0 atom stereocenters. The minimum absolute atomic E-state index is 0.0136. The van der Waals surface area contributed by atoms with Gasteiger partial charge in [-0.2, -0.15) is 0 Å². The van der Waals surface area contributed by atoms with Gasteiger partial charge in [0.25, 0.3) is 5.56 Å². The monoisotopic (exact) mass is 458 g/mol. The SMILES string of the molecule is Cc1cccc2cc(CNc3ncnc(N)c3C(=N)c3cc(O)cc(F)c3)n(C3CC3)c(=O)c12. The van der Waals surface area contributed by atoms with Crippen molar-refractivity contribution in [3.63, 3.8) is 0 Å². The third-order valence-electron chi connectivity index (χ3n) is 6.02. The molecule has 0 aliphatic heterocycles. The van der Waals surface area contributed by atoms with E-state index in [1.165, 1.54) is 12.4 Å². The van der Waals surface area contributed by atoms with E-state index in [4.69, 9.17) is 11.1 Å². The zero-order chi connectivity index (χ0) is 24.0. The van der Waals surface area contributed by atoms with Crippen molar-refractivity contribution in [3.05, 3.63) is 87.3 Å². The van der Waals surface area contributed by atoms with Crippen molar-refractivity contribution in [2.75, 3.05) is 11.1 Å². The van der Waals surface area contributed by atoms with Crippen LogP contribution in [0.1, 0.15) is 41.3 Å². The lowest BCUT2D eigenvalue weighted by Crippen LogP contribution is -2.25. The number of hydrogen-bond donors (Lipinski definition) is 4. The van der Waals surface area contributed by atoms with E-state index in [0.717, 1.165) is 47.0 Å². The highest BCUT2D eigenvalue weighted by molar-refractivity contribution is 6.16. The van der Waals surface area contributed by atoms with Gasteiger partial charge in [-0.1, -0.05) is 18.2 Å². The minimum Gasteiger partial charge on any atom is -0.508 e. The number of nitrogen functional groups attached to an aromatic ring is 1. The highest BCUT2D eigenvalue weighted by Crippen LogP contribution is 2.36. The van der Waals surface area contributed by atoms with E-state index in [1.807, 2.05) is 35.8 Å². The van der Waals surface area contributed by atoms with E-state index >= 15 is 0 Å². The van der Waals surface area contributed by atoms with E-state index in [9.17, 15) is 14.3 Å². The highest BCUT2D eigenvalue weighted by atomic mass is 19.1. The van der Waals surface area contributed by atoms with Crippen LogP contribution in [0.2, 0.25) is 0 Å². The quantitative estimate of drug-likeness (QED) is 0.324. The molecule has 0 unspecified atom stereocenters. The second-order valence-corrected chi connectivity index (χ2v) is 8.49. The summed E-state index contributed by atoms with van der Waals surface area (Å²) in [6, 6.07) is 11.3. The number of phenols is 1. The summed E-state index contributed by atoms with van der Waals surface area (Å²) in [6.07, 6.45) is 3.17. The van der Waals surface area contributed by atoms with Gasteiger partial charge in [-0.15, -0.1) is 0 Å². The molecular formula is C25H23FN6O2. The van der Waals surface area contributed by atoms with Crippen LogP contribution in [0.5, 0.6) is 5.75 Å². The Hall–Kier alpha value is -4.27. The number of aryl methyl sites for hydroxylation is 1. The maximum absolute atomic E-state index is 13.8. The summed E-state index contributed by atoms with van der Waals surface area (Å²) in [5.41, 5.74) is 7.97. The van der Waals surface area contributed by atoms with Gasteiger partial charge < -0.3 is 20.7 Å². The molecule has 0 amide bonds. The van der Waals surface area contributed by atoms with Crippen LogP contribution < -0.4 is 16.6 Å². The van der Waals surface area contributed by atoms with E-state index in [1.54, 1.807) is 0 Å². The Bertz CT molecular complexity index is 1490. The first kappa shape index (κ1) is 21.6. The average molecular weight is 458 g/mol. The first-order valence-electron chi connectivity index (χ1n) is 10.9. The van der Waals surface area contributed by atoms with Crippen LogP contribution in [0.4, 0.5) is 16.0 Å². The molecule has 5 rings (SSSR count). The number of fused-ring (bicyclic) bond motifs is 1. The molecule has 1 aliphatic carbocycles. The smallest absolute Gasteiger partial charge is 0.259 e. The second kappa shape index (κ2) is 8.26. The average Bonchev–Trinajstić information content (AvgIpc) is 3.61. The van der Waals surface area contributed by atoms with Gasteiger partial charge >= 0.3 is 0 Å². The Morgan fingerprint density at radius 2 is 2.06 bits per heavy atom. The van der Waals surface area contributed by atoms with Gasteiger partial charge in [-0.25, -0.2) is 14.4 Å². The third-order valence-corrected chi connectivity index (χ3v) is 6.02. The molecule has 2 heterocycles. The van der Waals surface area contributed by atoms with E-state index in [2.05, 4.69) is 15.3 Å². The fraction of sp³-hybridized carbons (Fsp3) is 0.200. The van der Waals surface area contributed by atoms with Crippen LogP contribution in [0, 0.1) is 18.2 Å². The summed E-state index contributed by atoms with van der Waals surface area (Å²) >= 11 is 0. The molecule has 172 valence electrons. The Morgan fingerprint density at radius 3 is 2.79 bits per heavy atom. The maximum atomic E-state index is 13.8. The van der Waals surface area contributed by atoms with Gasteiger partial charge in [-0.3, -0.25) is 10.2 Å². The molecule has 0 spiro atoms. The fourth-order valence-corrected chi connectivity index (χ4v) is 4.29. The normalized spacial score (nSPS) is 13.2. The minimum atomic E-state index is -0.676. The number of pyridine rings is 1. The summed E-state index contributed by atoms with van der Waals surface area (Å²) in [4.78, 5) is 21.6. The molecule has 1 fully saturated rings. The van der Waals surface area contributed by atoms with E-state index in [0.29, 0.717) is 0 Å². The van der Waals surface area contributed by atoms with Gasteiger partial charge in [-0.05, 0) is 48.9 Å². The van der Waals surface area contributed by atoms with Crippen LogP contribution >= 0.6 is 0 Å². The summed E-state index contributed by atoms with van der Waals surface area (Å²) in [5, 5.41) is 23.1. The first-order valence-corrected chi connectivity index (χ1v) is 10.9. The van der Waals surface area contributed by atoms with Crippen LogP contribution in [0.3, 0.4) is 0 Å². The molecule has 1 aliphatic rings. The van der Waals surface area contributed by atoms with Crippen LogP contribution in [0.25, 0.3) is 10.8 Å². The number of nitrogens with two attached hydrogens (primary N) is 1. The van der Waals surface area contributed by atoms with E-state index < -0.39 is 5.82 Å². The number of halogens is 1. The maximum Gasteiger partial charge on any atom is 0.259 e. The number of aromatic nitrogens is 3. The topological polar surface area (TPSA) is 130 Å². The number of nitrogens with zero attached hydrogens (tertiary/aromatic N) is 3. The van der Waals surface area contributed by atoms with Gasteiger partial charge in [0.1, 0.15) is 29.5 Å². The number of benzene rings is 2. The van der Waals surface area contributed by atoms with Crippen molar-refractivity contribution in [1.82, 2.24) is 14.5 Å². The number of hydrogen-bond acceptors (Lipinski definition) is 7. The van der Waals surface area contributed by atoms with Gasteiger partial charge in [0, 0.05) is 23.4 Å². The largest absolute Gasteiger partial charge is 0.508 e. The van der Waals surface area contributed by atoms with Gasteiger partial charge in [0.05, 0.1) is 23.2 Å². The standard InChI is InChI=1S/C25H23FN6O2/c1-13-3-2-4-14-8-18(32(17-5-6-17)25(34)20(13)14)11-29-24-21(23(28)30-12-31-24)22(27)15-7-16(26)10-19(33)9-15/h2-4,7-10,12,17,27,33H,5-6,11H2,1H3,(H3,28,29,30,31). The van der Waals surface area contributed by atoms with Crippen molar-refractivity contribution in [2.24, 2.45) is 0 Å². The Balaban J connectivity index is 1.54. The second-order valence-electron chi connectivity index (χ2n) is 8.49. The van der Waals surface area contributed by atoms with Crippen molar-refractivity contribution in [3.8, 4) is 5.75 Å². The zero-order valence-corrected chi connectivity index (χ0v) is 18.5. The number of aromatic hydroxyl groups is 1. The molecule has 1 saturated carbocycles. The van der Waals surface area contributed by atoms with Crippen LogP contribution in [-0.2, 0) is 6.54 Å². The fourth-order valence-electron chi connectivity index (χ4n) is 4.29. The predicted molar refractivity (Wildman–Crippen MR) is 129 cm³/mol. The molecule has 0 radical (unpaired) electrons. The number of anilines is 2. The summed E-state index contributed by atoms with van der Waals surface area (Å²) < 4.78 is 15.7. The Kier molecular flexibility index (Phi) is 5.24. The molecule has 9 heteroatoms. The highest BCUT2D eigenvalue weighted by Gasteiger charge is 2.28. The van der Waals surface area contributed by atoms with Crippen molar-refractivity contribution in [1.29, 1.82) is 5.41 Å². The molecule has 0 saturated heterocycles. The lowest BCUT2D eigenvalue weighted by atomic mass is 10.0. The molecule has 2 aromatic heterocycles. The molecule has 34 heavy (non-hydrogen) atoms. The zero-order valence-electron chi connectivity index (χ0n) is 18.5. The molecule has 0 bridgehead atoms. The third kappa shape index (κ3) is 3.85. The molecule has 4 aromatic rings. The summed E-state index contributed by atoms with van der Waals surface area (Å²) in [6.45, 7) is 2.20. The van der Waals surface area contributed by atoms with Crippen LogP contribution in [0.15, 0.2) is 53.6 Å². The molecule has 8 nitrogen and oxygen atoms in total. The van der Waals surface area contributed by atoms with Crippen molar-refractivity contribution in [2.45, 2.75) is 32.4 Å². The number of nitrogens with one attached hydrogen (secondary N) is 2. The molecule has 5 N–H and O–H groups in total. The molecule has 2 aromatic carbocycles. The van der Waals surface area contributed by atoms with Gasteiger partial charge in [0.2, 0.25) is 0 Å².